The fraction of sp³-hybridized carbons (Fsp3) is 0.486. The Bertz CT molecular complexity index is 1540. The number of amides is 1. The first-order valence-corrected chi connectivity index (χ1v) is 15.5. The van der Waals surface area contributed by atoms with Crippen LogP contribution in [-0.4, -0.2) is 96.6 Å². The summed E-state index contributed by atoms with van der Waals surface area (Å²) < 4.78 is 0. The van der Waals surface area contributed by atoms with E-state index in [1.807, 2.05) is 0 Å². The van der Waals surface area contributed by atoms with Crippen LogP contribution >= 0.6 is 0 Å². The van der Waals surface area contributed by atoms with E-state index in [0.717, 1.165) is 6.08 Å². The predicted molar refractivity (Wildman–Crippen MR) is 171 cm³/mol. The monoisotopic (exact) mass is 655 g/mol. The SMILES string of the molecule is CC1=C/C=C/[C@H](CO)[C@H](O)[C@@H](C)[C@@H](O)[C@@H](C)[C@@H](O)[C@H](C)[C@@H](O)C(CO)/C=C(\C)C(=O)c2c(O)c(C)cc3c2C(=O)C=C(NC1=O)C3=O. The Kier molecular flexibility index (Phi) is 12.4. The second kappa shape index (κ2) is 15.4. The Labute approximate surface area is 273 Å². The van der Waals surface area contributed by atoms with Crippen LogP contribution in [0.1, 0.15) is 71.3 Å². The van der Waals surface area contributed by atoms with Gasteiger partial charge < -0.3 is 41.1 Å². The van der Waals surface area contributed by atoms with Gasteiger partial charge in [-0.05, 0) is 38.0 Å². The molecule has 9 atom stereocenters. The number of hydrogen-bond acceptors (Lipinski definition) is 11. The third-order valence-corrected chi connectivity index (χ3v) is 9.39. The van der Waals surface area contributed by atoms with E-state index in [1.165, 1.54) is 71.9 Å². The molecular formula is C35H45NO11. The molecule has 47 heavy (non-hydrogen) atoms. The second-order valence-corrected chi connectivity index (χ2v) is 12.7. The Morgan fingerprint density at radius 2 is 1.26 bits per heavy atom. The van der Waals surface area contributed by atoms with Crippen LogP contribution in [0.3, 0.4) is 0 Å². The summed E-state index contributed by atoms with van der Waals surface area (Å²) in [6.07, 6.45) is 0.959. The lowest BCUT2D eigenvalue weighted by Crippen LogP contribution is -2.46. The van der Waals surface area contributed by atoms with Crippen LogP contribution in [-0.2, 0) is 4.79 Å². The number of carbonyl (C=O) groups excluding carboxylic acids is 4. The largest absolute Gasteiger partial charge is 0.507 e. The van der Waals surface area contributed by atoms with Crippen LogP contribution in [0.4, 0.5) is 0 Å². The lowest BCUT2D eigenvalue weighted by molar-refractivity contribution is -0.116. The van der Waals surface area contributed by atoms with Gasteiger partial charge in [-0.2, -0.15) is 0 Å². The van der Waals surface area contributed by atoms with Crippen LogP contribution < -0.4 is 5.32 Å². The van der Waals surface area contributed by atoms with Gasteiger partial charge in [0.1, 0.15) is 5.75 Å². The summed E-state index contributed by atoms with van der Waals surface area (Å²) in [6, 6.07) is 1.24. The number of rotatable bonds is 2. The van der Waals surface area contributed by atoms with Crippen molar-refractivity contribution >= 4 is 23.3 Å². The normalized spacial score (nSPS) is 33.4. The fourth-order valence-corrected chi connectivity index (χ4v) is 6.09. The highest BCUT2D eigenvalue weighted by atomic mass is 16.3. The molecule has 3 aliphatic rings. The number of carbonyl (C=O) groups is 4. The number of hydrogen-bond donors (Lipinski definition) is 8. The summed E-state index contributed by atoms with van der Waals surface area (Å²) in [7, 11) is 0. The molecule has 1 aromatic carbocycles. The average Bonchev–Trinajstić information content (AvgIpc) is 3.05. The van der Waals surface area contributed by atoms with E-state index < -0.39 is 102 Å². The number of allylic oxidation sites excluding steroid dienone is 5. The smallest absolute Gasteiger partial charge is 0.251 e. The van der Waals surface area contributed by atoms with Crippen LogP contribution in [0.15, 0.2) is 53.3 Å². The number of aromatic hydroxyl groups is 1. The van der Waals surface area contributed by atoms with E-state index in [9.17, 15) is 54.9 Å². The number of nitrogens with one attached hydrogen (secondary N) is 1. The van der Waals surface area contributed by atoms with Crippen molar-refractivity contribution in [2.45, 2.75) is 66.0 Å². The van der Waals surface area contributed by atoms with Crippen molar-refractivity contribution in [2.24, 2.45) is 29.6 Å². The molecule has 256 valence electrons. The van der Waals surface area contributed by atoms with Crippen molar-refractivity contribution in [3.8, 4) is 5.75 Å². The molecule has 0 fully saturated rings. The van der Waals surface area contributed by atoms with Crippen LogP contribution in [0, 0.1) is 36.5 Å². The van der Waals surface area contributed by atoms with E-state index in [-0.39, 0.29) is 33.5 Å². The standard InChI is InChI=1S/C35H45NO11/c1-15-8-7-9-21(13-37)32(44)19(5)30(42)18(4)31(43)20(6)33(45)22(14-38)10-16(2)28(40)27-26-23(11-17(3)29(27)41)34(46)24(12-25(26)39)36-35(15)47/h7-12,18-22,30-33,37-38,41-45H,13-14H2,1-6H3,(H,36,47)/b9-7+,15-8?,16-10+/t18-,19+,20+,21-,22?,30+,31-,32-,33-/m1/s1. The molecule has 8 N–H and O–H groups in total. The summed E-state index contributed by atoms with van der Waals surface area (Å²) in [6.45, 7) is 7.61. The molecular weight excluding hydrogens is 610 g/mol. The maximum absolute atomic E-state index is 13.8. The van der Waals surface area contributed by atoms with Gasteiger partial charge in [0.15, 0.2) is 11.6 Å². The number of ketones is 3. The molecule has 12 heteroatoms. The van der Waals surface area contributed by atoms with Gasteiger partial charge in [-0.25, -0.2) is 0 Å². The van der Waals surface area contributed by atoms with Crippen molar-refractivity contribution in [3.63, 3.8) is 0 Å². The third-order valence-electron chi connectivity index (χ3n) is 9.39. The van der Waals surface area contributed by atoms with Gasteiger partial charge in [0.25, 0.3) is 5.91 Å². The number of aliphatic hydroxyl groups is 6. The van der Waals surface area contributed by atoms with Crippen molar-refractivity contribution in [2.75, 3.05) is 13.2 Å². The molecule has 2 heterocycles. The molecule has 0 saturated carbocycles. The lowest BCUT2D eigenvalue weighted by atomic mass is 9.76. The van der Waals surface area contributed by atoms with Crippen LogP contribution in [0.2, 0.25) is 0 Å². The Hall–Kier alpha value is -3.78. The summed E-state index contributed by atoms with van der Waals surface area (Å²) in [5.41, 5.74) is -1.24. The zero-order valence-electron chi connectivity index (χ0n) is 27.3. The first-order chi connectivity index (χ1) is 22.0. The highest BCUT2D eigenvalue weighted by Gasteiger charge is 2.39. The summed E-state index contributed by atoms with van der Waals surface area (Å²) in [5, 5.41) is 77.8. The Morgan fingerprint density at radius 1 is 0.723 bits per heavy atom. The Balaban J connectivity index is 2.20. The molecule has 0 radical (unpaired) electrons. The number of aliphatic hydroxyl groups excluding tert-OH is 6. The minimum atomic E-state index is -1.44. The lowest BCUT2D eigenvalue weighted by Gasteiger charge is -2.37. The number of fused-ring (bicyclic) bond motifs is 15. The molecule has 0 aromatic heterocycles. The highest BCUT2D eigenvalue weighted by Crippen LogP contribution is 2.35. The van der Waals surface area contributed by atoms with Gasteiger partial charge in [-0.3, -0.25) is 19.2 Å². The van der Waals surface area contributed by atoms with Gasteiger partial charge in [0, 0.05) is 52.4 Å². The Morgan fingerprint density at radius 3 is 1.81 bits per heavy atom. The minimum absolute atomic E-state index is 0.0808. The summed E-state index contributed by atoms with van der Waals surface area (Å²) >= 11 is 0. The number of Topliss-reactive ketones (excluding diaryl/α,β-unsaturated/α-hetero) is 2. The molecule has 4 rings (SSSR count). The maximum atomic E-state index is 13.8. The zero-order valence-corrected chi connectivity index (χ0v) is 27.3. The van der Waals surface area contributed by atoms with E-state index >= 15 is 0 Å². The van der Waals surface area contributed by atoms with Gasteiger partial charge in [0.05, 0.1) is 48.9 Å². The van der Waals surface area contributed by atoms with E-state index in [1.54, 1.807) is 0 Å². The van der Waals surface area contributed by atoms with Crippen molar-refractivity contribution in [1.29, 1.82) is 0 Å². The van der Waals surface area contributed by atoms with E-state index in [4.69, 9.17) is 0 Å². The number of phenolic OH excluding ortho intramolecular Hbond substituents is 1. The van der Waals surface area contributed by atoms with E-state index in [2.05, 4.69) is 5.32 Å². The molecule has 0 spiro atoms. The van der Waals surface area contributed by atoms with Crippen LogP contribution in [0.5, 0.6) is 5.75 Å². The third kappa shape index (κ3) is 7.69. The molecule has 1 amide bonds. The average molecular weight is 656 g/mol. The molecule has 1 unspecified atom stereocenters. The predicted octanol–water partition coefficient (Wildman–Crippen LogP) is 1.29. The maximum Gasteiger partial charge on any atom is 0.251 e. The number of benzene rings is 1. The van der Waals surface area contributed by atoms with Gasteiger partial charge in [0.2, 0.25) is 5.78 Å². The van der Waals surface area contributed by atoms with Crippen molar-refractivity contribution in [3.05, 3.63) is 75.5 Å². The number of aryl methyl sites for hydroxylation is 1. The molecule has 0 saturated heterocycles. The molecule has 1 aliphatic carbocycles. The second-order valence-electron chi connectivity index (χ2n) is 12.7. The van der Waals surface area contributed by atoms with Gasteiger partial charge in [-0.15, -0.1) is 0 Å². The molecule has 2 aliphatic heterocycles. The summed E-state index contributed by atoms with van der Waals surface area (Å²) in [5.74, 6) is -8.43. The minimum Gasteiger partial charge on any atom is -0.507 e. The highest BCUT2D eigenvalue weighted by molar-refractivity contribution is 6.30. The first kappa shape index (κ1) is 37.7. The van der Waals surface area contributed by atoms with Gasteiger partial charge >= 0.3 is 0 Å². The topological polar surface area (TPSA) is 222 Å². The molecule has 12 nitrogen and oxygen atoms in total. The van der Waals surface area contributed by atoms with Crippen molar-refractivity contribution < 1.29 is 54.9 Å². The van der Waals surface area contributed by atoms with Crippen molar-refractivity contribution in [1.82, 2.24) is 5.32 Å². The quantitative estimate of drug-likeness (QED) is 0.227. The summed E-state index contributed by atoms with van der Waals surface area (Å²) in [4.78, 5) is 53.5. The molecule has 1 aromatic rings. The number of phenols is 1. The zero-order chi connectivity index (χ0) is 35.5. The van der Waals surface area contributed by atoms with E-state index in [0.29, 0.717) is 0 Å². The van der Waals surface area contributed by atoms with Gasteiger partial charge in [-0.1, -0.05) is 45.1 Å². The fourth-order valence-electron chi connectivity index (χ4n) is 6.09. The first-order valence-electron chi connectivity index (χ1n) is 15.5. The van der Waals surface area contributed by atoms with Crippen LogP contribution in [0.25, 0.3) is 0 Å². The molecule has 4 bridgehead atoms.